The molecule has 21 heavy (non-hydrogen) atoms. The summed E-state index contributed by atoms with van der Waals surface area (Å²) in [6, 6.07) is 7.43. The molecule has 0 heterocycles. The Hall–Kier alpha value is -2.08. The van der Waals surface area contributed by atoms with Crippen molar-refractivity contribution in [3.63, 3.8) is 0 Å². The molecule has 6 heteroatoms. The summed E-state index contributed by atoms with van der Waals surface area (Å²) in [6.07, 6.45) is 2.53. The van der Waals surface area contributed by atoms with Crippen LogP contribution in [0.1, 0.15) is 35.7 Å². The van der Waals surface area contributed by atoms with E-state index in [1.165, 1.54) is 12.8 Å². The van der Waals surface area contributed by atoms with Gasteiger partial charge in [0.05, 0.1) is 0 Å². The first-order chi connectivity index (χ1) is 10.2. The van der Waals surface area contributed by atoms with E-state index in [4.69, 9.17) is 10.9 Å². The molecule has 6 nitrogen and oxygen atoms in total. The molecule has 0 radical (unpaired) electrons. The lowest BCUT2D eigenvalue weighted by molar-refractivity contribution is 0.0948. The third kappa shape index (κ3) is 4.19. The first kappa shape index (κ1) is 15.3. The molecule has 0 spiro atoms. The summed E-state index contributed by atoms with van der Waals surface area (Å²) in [4.78, 5) is 14.5. The second-order valence-corrected chi connectivity index (χ2v) is 5.18. The molecular formula is C15H22N4O2. The number of nitrogens with zero attached hydrogens (tertiary/aromatic N) is 2. The van der Waals surface area contributed by atoms with Gasteiger partial charge in [-0.05, 0) is 31.5 Å². The number of oxime groups is 1. The van der Waals surface area contributed by atoms with Crippen LogP contribution in [0.2, 0.25) is 0 Å². The predicted octanol–water partition coefficient (Wildman–Crippen LogP) is 0.995. The van der Waals surface area contributed by atoms with Crippen LogP contribution >= 0.6 is 0 Å². The van der Waals surface area contributed by atoms with Crippen LogP contribution in [0.3, 0.4) is 0 Å². The van der Waals surface area contributed by atoms with E-state index in [1.807, 2.05) is 0 Å². The van der Waals surface area contributed by atoms with Crippen LogP contribution in [-0.2, 0) is 0 Å². The van der Waals surface area contributed by atoms with Crippen LogP contribution in [-0.4, -0.2) is 47.5 Å². The Morgan fingerprint density at radius 2 is 2.19 bits per heavy atom. The van der Waals surface area contributed by atoms with Crippen molar-refractivity contribution in [3.05, 3.63) is 35.4 Å². The zero-order chi connectivity index (χ0) is 15.2. The van der Waals surface area contributed by atoms with Crippen molar-refractivity contribution in [1.82, 2.24) is 10.2 Å². The minimum atomic E-state index is -0.144. The van der Waals surface area contributed by atoms with E-state index in [0.717, 1.165) is 13.1 Å². The number of benzene rings is 1. The van der Waals surface area contributed by atoms with Crippen LogP contribution < -0.4 is 11.1 Å². The van der Waals surface area contributed by atoms with Gasteiger partial charge in [0.2, 0.25) is 0 Å². The Bertz CT molecular complexity index is 526. The SMILES string of the molecule is CCN(CCNC(=O)c1cccc(/C(N)=N/O)c1)C1CC1. The van der Waals surface area contributed by atoms with E-state index in [1.54, 1.807) is 24.3 Å². The van der Waals surface area contributed by atoms with E-state index in [9.17, 15) is 4.79 Å². The van der Waals surface area contributed by atoms with Gasteiger partial charge in [0.1, 0.15) is 0 Å². The molecule has 1 aliphatic rings. The zero-order valence-corrected chi connectivity index (χ0v) is 12.2. The highest BCUT2D eigenvalue weighted by Crippen LogP contribution is 2.25. The molecule has 0 aliphatic heterocycles. The number of carbonyl (C=O) groups excluding carboxylic acids is 1. The van der Waals surface area contributed by atoms with Gasteiger partial charge in [-0.3, -0.25) is 9.69 Å². The summed E-state index contributed by atoms with van der Waals surface area (Å²) in [5.41, 5.74) is 6.56. The third-order valence-electron chi connectivity index (χ3n) is 3.68. The van der Waals surface area contributed by atoms with Crippen molar-refractivity contribution in [2.75, 3.05) is 19.6 Å². The summed E-state index contributed by atoms with van der Waals surface area (Å²) in [5, 5.41) is 14.5. The van der Waals surface area contributed by atoms with Crippen LogP contribution in [0.5, 0.6) is 0 Å². The van der Waals surface area contributed by atoms with Crippen LogP contribution in [0.4, 0.5) is 0 Å². The van der Waals surface area contributed by atoms with E-state index in [2.05, 4.69) is 22.3 Å². The van der Waals surface area contributed by atoms with Crippen molar-refractivity contribution in [2.24, 2.45) is 10.9 Å². The maximum atomic E-state index is 12.1. The summed E-state index contributed by atoms with van der Waals surface area (Å²) in [6.45, 7) is 4.64. The Kier molecular flexibility index (Phi) is 5.16. The van der Waals surface area contributed by atoms with Gasteiger partial charge in [0, 0.05) is 30.3 Å². The first-order valence-corrected chi connectivity index (χ1v) is 7.26. The Balaban J connectivity index is 1.88. The minimum absolute atomic E-state index is 0.00413. The Morgan fingerprint density at radius 1 is 1.48 bits per heavy atom. The van der Waals surface area contributed by atoms with E-state index < -0.39 is 0 Å². The molecule has 0 atom stereocenters. The van der Waals surface area contributed by atoms with Gasteiger partial charge in [-0.1, -0.05) is 24.2 Å². The number of hydrogen-bond acceptors (Lipinski definition) is 4. The predicted molar refractivity (Wildman–Crippen MR) is 81.6 cm³/mol. The Morgan fingerprint density at radius 3 is 2.81 bits per heavy atom. The van der Waals surface area contributed by atoms with Gasteiger partial charge in [-0.2, -0.15) is 0 Å². The highest BCUT2D eigenvalue weighted by Gasteiger charge is 2.27. The number of rotatable bonds is 7. The maximum Gasteiger partial charge on any atom is 0.251 e. The molecule has 4 N–H and O–H groups in total. The summed E-state index contributed by atoms with van der Waals surface area (Å²) in [5.74, 6) is -0.148. The average molecular weight is 290 g/mol. The summed E-state index contributed by atoms with van der Waals surface area (Å²) in [7, 11) is 0. The topological polar surface area (TPSA) is 91.0 Å². The molecule has 1 aromatic carbocycles. The standard InChI is InChI=1S/C15H22N4O2/c1-2-19(13-6-7-13)9-8-17-15(20)12-5-3-4-11(10-12)14(16)18-21/h3-5,10,13,21H,2,6-9H2,1H3,(H2,16,18)(H,17,20). The van der Waals surface area contributed by atoms with Crippen LogP contribution in [0, 0.1) is 0 Å². The second-order valence-electron chi connectivity index (χ2n) is 5.18. The van der Waals surface area contributed by atoms with Crippen molar-refractivity contribution in [1.29, 1.82) is 0 Å². The van der Waals surface area contributed by atoms with Crippen molar-refractivity contribution in [3.8, 4) is 0 Å². The normalized spacial score (nSPS) is 15.2. The van der Waals surface area contributed by atoms with E-state index >= 15 is 0 Å². The number of likely N-dealkylation sites (N-methyl/N-ethyl adjacent to an activating group) is 1. The van der Waals surface area contributed by atoms with Gasteiger partial charge in [-0.15, -0.1) is 0 Å². The van der Waals surface area contributed by atoms with Gasteiger partial charge in [-0.25, -0.2) is 0 Å². The number of hydrogen-bond donors (Lipinski definition) is 3. The van der Waals surface area contributed by atoms with Crippen molar-refractivity contribution >= 4 is 11.7 Å². The Labute approximate surface area is 124 Å². The molecule has 1 fully saturated rings. The fourth-order valence-electron chi connectivity index (χ4n) is 2.33. The molecule has 1 amide bonds. The molecule has 2 rings (SSSR count). The highest BCUT2D eigenvalue weighted by atomic mass is 16.4. The van der Waals surface area contributed by atoms with Gasteiger partial charge < -0.3 is 16.3 Å². The van der Waals surface area contributed by atoms with Gasteiger partial charge >= 0.3 is 0 Å². The summed E-state index contributed by atoms with van der Waals surface area (Å²) >= 11 is 0. The molecular weight excluding hydrogens is 268 g/mol. The molecule has 0 aromatic heterocycles. The second kappa shape index (κ2) is 7.08. The monoisotopic (exact) mass is 290 g/mol. The molecule has 0 saturated heterocycles. The lowest BCUT2D eigenvalue weighted by atomic mass is 10.1. The highest BCUT2D eigenvalue weighted by molar-refractivity contribution is 6.01. The van der Waals surface area contributed by atoms with Crippen molar-refractivity contribution < 1.29 is 10.0 Å². The number of nitrogens with two attached hydrogens (primary N) is 1. The maximum absolute atomic E-state index is 12.1. The molecule has 1 saturated carbocycles. The van der Waals surface area contributed by atoms with Gasteiger partial charge in [0.15, 0.2) is 5.84 Å². The quantitative estimate of drug-likeness (QED) is 0.302. The lowest BCUT2D eigenvalue weighted by Gasteiger charge is -2.19. The van der Waals surface area contributed by atoms with Crippen LogP contribution in [0.15, 0.2) is 29.4 Å². The largest absolute Gasteiger partial charge is 0.409 e. The zero-order valence-electron chi connectivity index (χ0n) is 12.2. The van der Waals surface area contributed by atoms with Crippen molar-refractivity contribution in [2.45, 2.75) is 25.8 Å². The molecule has 1 aromatic rings. The average Bonchev–Trinajstić information content (AvgIpc) is 3.35. The number of carbonyl (C=O) groups is 1. The number of nitrogens with one attached hydrogen (secondary N) is 1. The van der Waals surface area contributed by atoms with E-state index in [-0.39, 0.29) is 11.7 Å². The number of amidine groups is 1. The van der Waals surface area contributed by atoms with E-state index in [0.29, 0.717) is 23.7 Å². The first-order valence-electron chi connectivity index (χ1n) is 7.26. The smallest absolute Gasteiger partial charge is 0.251 e. The third-order valence-corrected chi connectivity index (χ3v) is 3.68. The van der Waals surface area contributed by atoms with Crippen LogP contribution in [0.25, 0.3) is 0 Å². The fraction of sp³-hybridized carbons (Fsp3) is 0.467. The minimum Gasteiger partial charge on any atom is -0.409 e. The van der Waals surface area contributed by atoms with Gasteiger partial charge in [0.25, 0.3) is 5.91 Å². The molecule has 114 valence electrons. The molecule has 0 bridgehead atoms. The lowest BCUT2D eigenvalue weighted by Crippen LogP contribution is -2.36. The summed E-state index contributed by atoms with van der Waals surface area (Å²) < 4.78 is 0. The molecule has 0 unspecified atom stereocenters. The molecule has 1 aliphatic carbocycles. The fourth-order valence-corrected chi connectivity index (χ4v) is 2.33. The number of amides is 1.